The van der Waals surface area contributed by atoms with Gasteiger partial charge in [0.25, 0.3) is 5.91 Å². The Morgan fingerprint density at radius 1 is 0.862 bits per heavy atom. The fraction of sp³-hybridized carbons (Fsp3) is 0.292. The molecule has 0 unspecified atom stereocenters. The molecule has 2 bridgehead atoms. The normalized spacial score (nSPS) is 33.4. The lowest BCUT2D eigenvalue weighted by Gasteiger charge is -2.37. The lowest BCUT2D eigenvalue weighted by molar-refractivity contribution is -0.124. The number of allylic oxidation sites excluding steroid dienone is 2. The van der Waals surface area contributed by atoms with Gasteiger partial charge in [0.15, 0.2) is 0 Å². The molecule has 5 nitrogen and oxygen atoms in total. The minimum Gasteiger partial charge on any atom is -0.322 e. The van der Waals surface area contributed by atoms with Crippen LogP contribution in [-0.2, 0) is 9.59 Å². The summed E-state index contributed by atoms with van der Waals surface area (Å²) in [5.41, 5.74) is 1.61. The molecule has 4 aliphatic carbocycles. The van der Waals surface area contributed by atoms with Crippen LogP contribution in [0.15, 0.2) is 66.7 Å². The van der Waals surface area contributed by atoms with Crippen molar-refractivity contribution in [2.75, 3.05) is 10.2 Å². The van der Waals surface area contributed by atoms with Crippen LogP contribution >= 0.6 is 0 Å². The quantitative estimate of drug-likeness (QED) is 0.651. The number of benzene rings is 2. The Morgan fingerprint density at radius 3 is 2.17 bits per heavy atom. The Bertz CT molecular complexity index is 1040. The first-order chi connectivity index (χ1) is 14.1. The lowest BCUT2D eigenvalue weighted by atomic mass is 9.63. The fourth-order valence-electron chi connectivity index (χ4n) is 5.72. The average Bonchev–Trinajstić information content (AvgIpc) is 3.52. The molecule has 2 aromatic carbocycles. The highest BCUT2D eigenvalue weighted by Crippen LogP contribution is 2.65. The van der Waals surface area contributed by atoms with E-state index in [-0.39, 0.29) is 41.4 Å². The van der Waals surface area contributed by atoms with Gasteiger partial charge in [-0.05, 0) is 60.4 Å². The second kappa shape index (κ2) is 5.89. The smallest absolute Gasteiger partial charge is 0.255 e. The molecule has 0 spiro atoms. The predicted octanol–water partition coefficient (Wildman–Crippen LogP) is 3.50. The van der Waals surface area contributed by atoms with Crippen molar-refractivity contribution >= 4 is 29.1 Å². The van der Waals surface area contributed by atoms with Crippen LogP contribution in [-0.4, -0.2) is 17.7 Å². The second-order valence-corrected chi connectivity index (χ2v) is 8.54. The highest BCUT2D eigenvalue weighted by Gasteiger charge is 2.67. The van der Waals surface area contributed by atoms with E-state index < -0.39 is 0 Å². The van der Waals surface area contributed by atoms with Gasteiger partial charge in [-0.3, -0.25) is 14.4 Å². The molecule has 2 saturated carbocycles. The number of hydrogen-bond donors (Lipinski definition) is 1. The molecule has 1 saturated heterocycles. The predicted molar refractivity (Wildman–Crippen MR) is 108 cm³/mol. The fourth-order valence-corrected chi connectivity index (χ4v) is 5.72. The van der Waals surface area contributed by atoms with Gasteiger partial charge in [-0.25, -0.2) is 4.90 Å². The monoisotopic (exact) mass is 384 g/mol. The van der Waals surface area contributed by atoms with Gasteiger partial charge in [0.2, 0.25) is 11.8 Å². The average molecular weight is 384 g/mol. The maximum atomic E-state index is 13.2. The first kappa shape index (κ1) is 16.7. The molecule has 6 atom stereocenters. The zero-order chi connectivity index (χ0) is 19.7. The van der Waals surface area contributed by atoms with Gasteiger partial charge in [-0.2, -0.15) is 0 Å². The van der Waals surface area contributed by atoms with E-state index in [0.717, 1.165) is 6.42 Å². The number of hydrogen-bond acceptors (Lipinski definition) is 3. The summed E-state index contributed by atoms with van der Waals surface area (Å²) >= 11 is 0. The van der Waals surface area contributed by atoms with Crippen molar-refractivity contribution in [3.8, 4) is 0 Å². The molecule has 1 aliphatic heterocycles. The molecule has 7 rings (SSSR count). The van der Waals surface area contributed by atoms with Crippen LogP contribution in [0.5, 0.6) is 0 Å². The van der Waals surface area contributed by atoms with Crippen molar-refractivity contribution in [3.05, 3.63) is 72.3 Å². The van der Waals surface area contributed by atoms with Crippen LogP contribution in [0.3, 0.4) is 0 Å². The molecule has 0 aromatic heterocycles. The molecule has 5 heteroatoms. The van der Waals surface area contributed by atoms with Crippen LogP contribution in [0.2, 0.25) is 0 Å². The second-order valence-electron chi connectivity index (χ2n) is 8.54. The summed E-state index contributed by atoms with van der Waals surface area (Å²) in [4.78, 5) is 40.5. The Kier molecular flexibility index (Phi) is 3.40. The minimum atomic E-state index is -0.266. The van der Waals surface area contributed by atoms with Crippen LogP contribution in [0.25, 0.3) is 0 Å². The third-order valence-electron chi connectivity index (χ3n) is 7.06. The molecule has 3 amide bonds. The van der Waals surface area contributed by atoms with Crippen LogP contribution in [0.4, 0.5) is 11.4 Å². The molecule has 1 heterocycles. The number of amides is 3. The number of carbonyl (C=O) groups excluding carboxylic acids is 3. The van der Waals surface area contributed by atoms with Crippen molar-refractivity contribution in [3.63, 3.8) is 0 Å². The van der Waals surface area contributed by atoms with Gasteiger partial charge < -0.3 is 5.32 Å². The van der Waals surface area contributed by atoms with Gasteiger partial charge in [-0.15, -0.1) is 0 Å². The summed E-state index contributed by atoms with van der Waals surface area (Å²) in [6.45, 7) is 0. The number of para-hydroxylation sites is 1. The third kappa shape index (κ3) is 2.36. The first-order valence-corrected chi connectivity index (χ1v) is 10.2. The number of rotatable bonds is 3. The summed E-state index contributed by atoms with van der Waals surface area (Å²) in [5.74, 6) is 0.596. The van der Waals surface area contributed by atoms with Crippen molar-refractivity contribution in [2.45, 2.75) is 6.42 Å². The van der Waals surface area contributed by atoms with Crippen molar-refractivity contribution in [1.82, 2.24) is 0 Å². The van der Waals surface area contributed by atoms with Crippen molar-refractivity contribution in [1.29, 1.82) is 0 Å². The number of nitrogens with one attached hydrogen (secondary N) is 1. The van der Waals surface area contributed by atoms with E-state index in [1.807, 2.05) is 30.3 Å². The van der Waals surface area contributed by atoms with E-state index in [1.165, 1.54) is 4.90 Å². The zero-order valence-electron chi connectivity index (χ0n) is 15.7. The van der Waals surface area contributed by atoms with Gasteiger partial charge >= 0.3 is 0 Å². The first-order valence-electron chi connectivity index (χ1n) is 10.2. The SMILES string of the molecule is O=C(Nc1ccccc1)c1cccc(N2C(=O)[C@@H]3[C@H]4C=C[C@@H]([C@@H]5C[C@H]45)[C@H]3C2=O)c1. The highest BCUT2D eigenvalue weighted by molar-refractivity contribution is 6.23. The number of carbonyl (C=O) groups is 3. The summed E-state index contributed by atoms with van der Waals surface area (Å²) in [5, 5.41) is 2.85. The maximum absolute atomic E-state index is 13.2. The molecule has 2 aromatic rings. The van der Waals surface area contributed by atoms with E-state index >= 15 is 0 Å². The van der Waals surface area contributed by atoms with E-state index in [9.17, 15) is 14.4 Å². The number of imide groups is 1. The molecule has 144 valence electrons. The van der Waals surface area contributed by atoms with Crippen molar-refractivity contribution in [2.24, 2.45) is 35.5 Å². The largest absolute Gasteiger partial charge is 0.322 e. The van der Waals surface area contributed by atoms with E-state index in [2.05, 4.69) is 17.5 Å². The summed E-state index contributed by atoms with van der Waals surface area (Å²) < 4.78 is 0. The highest BCUT2D eigenvalue weighted by atomic mass is 16.2. The molecule has 1 N–H and O–H groups in total. The number of nitrogens with zero attached hydrogens (tertiary/aromatic N) is 1. The number of anilines is 2. The van der Waals surface area contributed by atoms with Crippen molar-refractivity contribution < 1.29 is 14.4 Å². The Labute approximate surface area is 168 Å². The third-order valence-corrected chi connectivity index (χ3v) is 7.06. The topological polar surface area (TPSA) is 66.5 Å². The summed E-state index contributed by atoms with van der Waals surface area (Å²) in [6, 6.07) is 16.0. The molecule has 5 aliphatic rings. The molecule has 3 fully saturated rings. The van der Waals surface area contributed by atoms with Gasteiger partial charge in [0.1, 0.15) is 0 Å². The molecule has 29 heavy (non-hydrogen) atoms. The van der Waals surface area contributed by atoms with E-state index in [1.54, 1.807) is 24.3 Å². The molecular formula is C24H20N2O3. The Balaban J connectivity index is 1.30. The van der Waals surface area contributed by atoms with Crippen LogP contribution < -0.4 is 10.2 Å². The molecular weight excluding hydrogens is 364 g/mol. The maximum Gasteiger partial charge on any atom is 0.255 e. The summed E-state index contributed by atoms with van der Waals surface area (Å²) in [6.07, 6.45) is 5.47. The van der Waals surface area contributed by atoms with Crippen LogP contribution in [0.1, 0.15) is 16.8 Å². The van der Waals surface area contributed by atoms with Gasteiger partial charge in [-0.1, -0.05) is 36.4 Å². The van der Waals surface area contributed by atoms with E-state index in [0.29, 0.717) is 28.8 Å². The standard InChI is InChI=1S/C24H20N2O3/c27-22(25-14-6-2-1-3-7-14)13-5-4-8-15(11-13)26-23(28)20-16-9-10-17(19-12-18(16)19)21(20)24(26)29/h1-11,16-21H,12H2,(H,25,27)/t16-,17-,18-,19+,20+,21+/m0/s1. The minimum absolute atomic E-state index is 0.106. The van der Waals surface area contributed by atoms with E-state index in [4.69, 9.17) is 0 Å². The zero-order valence-corrected chi connectivity index (χ0v) is 15.7. The lowest BCUT2D eigenvalue weighted by Crippen LogP contribution is -2.40. The van der Waals surface area contributed by atoms with Gasteiger partial charge in [0.05, 0.1) is 17.5 Å². The Hall–Kier alpha value is -3.21. The van der Waals surface area contributed by atoms with Crippen LogP contribution in [0, 0.1) is 35.5 Å². The molecule has 0 radical (unpaired) electrons. The summed E-state index contributed by atoms with van der Waals surface area (Å²) in [7, 11) is 0. The Morgan fingerprint density at radius 2 is 1.52 bits per heavy atom. The van der Waals surface area contributed by atoms with Gasteiger partial charge in [0, 0.05) is 11.3 Å².